The van der Waals surface area contributed by atoms with Crippen LogP contribution in [-0.2, 0) is 9.53 Å². The lowest BCUT2D eigenvalue weighted by Gasteiger charge is -2.42. The summed E-state index contributed by atoms with van der Waals surface area (Å²) in [5, 5.41) is 9.05. The van der Waals surface area contributed by atoms with Crippen LogP contribution in [0, 0.1) is 5.41 Å². The van der Waals surface area contributed by atoms with Crippen LogP contribution in [0.15, 0.2) is 0 Å². The monoisotopic (exact) mass is 243 g/mol. The highest BCUT2D eigenvalue weighted by Crippen LogP contribution is 2.25. The molecular weight excluding hydrogens is 218 g/mol. The van der Waals surface area contributed by atoms with Crippen LogP contribution in [0.25, 0.3) is 0 Å². The molecule has 0 saturated carbocycles. The minimum Gasteiger partial charge on any atom is -0.481 e. The van der Waals surface area contributed by atoms with E-state index in [0.29, 0.717) is 0 Å². The van der Waals surface area contributed by atoms with E-state index in [4.69, 9.17) is 9.84 Å². The van der Waals surface area contributed by atoms with E-state index in [1.807, 2.05) is 0 Å². The van der Waals surface area contributed by atoms with Crippen molar-refractivity contribution in [1.29, 1.82) is 0 Å². The van der Waals surface area contributed by atoms with Gasteiger partial charge in [0.25, 0.3) is 0 Å². The number of morpholine rings is 1. The van der Waals surface area contributed by atoms with Gasteiger partial charge in [-0.2, -0.15) is 0 Å². The molecule has 0 aliphatic carbocycles. The molecule has 1 aliphatic heterocycles. The maximum atomic E-state index is 11.0. The van der Waals surface area contributed by atoms with Gasteiger partial charge in [-0.1, -0.05) is 0 Å². The third-order valence-electron chi connectivity index (χ3n) is 3.63. The summed E-state index contributed by atoms with van der Waals surface area (Å²) >= 11 is 0. The Morgan fingerprint density at radius 2 is 2.12 bits per heavy atom. The van der Waals surface area contributed by atoms with E-state index in [-0.39, 0.29) is 5.54 Å². The number of aliphatic carboxylic acids is 1. The highest BCUT2D eigenvalue weighted by molar-refractivity contribution is 5.73. The first-order valence-corrected chi connectivity index (χ1v) is 6.32. The molecule has 17 heavy (non-hydrogen) atoms. The molecule has 1 fully saturated rings. The van der Waals surface area contributed by atoms with E-state index in [9.17, 15) is 4.79 Å². The summed E-state index contributed by atoms with van der Waals surface area (Å²) in [4.78, 5) is 13.4. The van der Waals surface area contributed by atoms with Crippen LogP contribution in [0.5, 0.6) is 0 Å². The van der Waals surface area contributed by atoms with Gasteiger partial charge in [-0.15, -0.1) is 0 Å². The fraction of sp³-hybridized carbons (Fsp3) is 0.923. The van der Waals surface area contributed by atoms with E-state index in [2.05, 4.69) is 18.7 Å². The average molecular weight is 243 g/mol. The zero-order valence-electron chi connectivity index (χ0n) is 11.5. The first kappa shape index (κ1) is 14.5. The number of rotatable bonds is 5. The molecule has 100 valence electrons. The third-order valence-corrected chi connectivity index (χ3v) is 3.63. The Balaban J connectivity index is 2.38. The number of carbonyl (C=O) groups is 1. The van der Waals surface area contributed by atoms with Gasteiger partial charge in [0.1, 0.15) is 0 Å². The minimum absolute atomic E-state index is 0.0750. The van der Waals surface area contributed by atoms with Gasteiger partial charge >= 0.3 is 5.97 Å². The normalized spacial score (nSPS) is 21.4. The maximum Gasteiger partial charge on any atom is 0.309 e. The van der Waals surface area contributed by atoms with E-state index in [1.165, 1.54) is 0 Å². The van der Waals surface area contributed by atoms with E-state index in [0.717, 1.165) is 39.1 Å². The zero-order chi connectivity index (χ0) is 13.1. The molecule has 1 rings (SSSR count). The Morgan fingerprint density at radius 3 is 2.65 bits per heavy atom. The van der Waals surface area contributed by atoms with Gasteiger partial charge in [-0.3, -0.25) is 9.69 Å². The third kappa shape index (κ3) is 3.96. The molecule has 1 N–H and O–H groups in total. The summed E-state index contributed by atoms with van der Waals surface area (Å²) in [6, 6.07) is 0. The minimum atomic E-state index is -0.710. The van der Waals surface area contributed by atoms with Gasteiger partial charge < -0.3 is 9.84 Å². The van der Waals surface area contributed by atoms with Crippen LogP contribution < -0.4 is 0 Å². The zero-order valence-corrected chi connectivity index (χ0v) is 11.5. The number of carboxylic acid groups (broad SMARTS) is 1. The molecule has 1 aliphatic rings. The largest absolute Gasteiger partial charge is 0.481 e. The van der Waals surface area contributed by atoms with Crippen molar-refractivity contribution in [3.8, 4) is 0 Å². The Hall–Kier alpha value is -0.610. The van der Waals surface area contributed by atoms with E-state index < -0.39 is 11.4 Å². The smallest absolute Gasteiger partial charge is 0.309 e. The van der Waals surface area contributed by atoms with Gasteiger partial charge in [0.05, 0.1) is 18.6 Å². The van der Waals surface area contributed by atoms with Crippen LogP contribution in [-0.4, -0.2) is 47.8 Å². The highest BCUT2D eigenvalue weighted by atomic mass is 16.5. The Morgan fingerprint density at radius 1 is 1.47 bits per heavy atom. The molecular formula is C13H25NO3. The fourth-order valence-corrected chi connectivity index (χ4v) is 2.12. The molecule has 0 aromatic carbocycles. The highest BCUT2D eigenvalue weighted by Gasteiger charge is 2.31. The van der Waals surface area contributed by atoms with Crippen LogP contribution in [0.1, 0.15) is 40.5 Å². The summed E-state index contributed by atoms with van der Waals surface area (Å²) in [5.41, 5.74) is -0.540. The second kappa shape index (κ2) is 5.36. The van der Waals surface area contributed by atoms with Crippen LogP contribution >= 0.6 is 0 Å². The van der Waals surface area contributed by atoms with Gasteiger partial charge in [0.15, 0.2) is 0 Å². The predicted octanol–water partition coefficient (Wildman–Crippen LogP) is 1.99. The van der Waals surface area contributed by atoms with Crippen molar-refractivity contribution in [2.75, 3.05) is 26.3 Å². The van der Waals surface area contributed by atoms with Crippen LogP contribution in [0.4, 0.5) is 0 Å². The SMILES string of the molecule is CC(C)(CCCN1CCOCC1(C)C)C(=O)O. The van der Waals surface area contributed by atoms with Crippen molar-refractivity contribution in [2.24, 2.45) is 5.41 Å². The lowest BCUT2D eigenvalue weighted by molar-refractivity contribution is -0.147. The van der Waals surface area contributed by atoms with Gasteiger partial charge in [-0.25, -0.2) is 0 Å². The van der Waals surface area contributed by atoms with Crippen molar-refractivity contribution in [1.82, 2.24) is 4.90 Å². The molecule has 4 nitrogen and oxygen atoms in total. The van der Waals surface area contributed by atoms with Crippen molar-refractivity contribution in [3.05, 3.63) is 0 Å². The first-order chi connectivity index (χ1) is 7.76. The Bertz CT molecular complexity index is 274. The quantitative estimate of drug-likeness (QED) is 0.802. The molecule has 1 heterocycles. The molecule has 4 heteroatoms. The van der Waals surface area contributed by atoms with E-state index >= 15 is 0 Å². The second-order valence-corrected chi connectivity index (χ2v) is 6.14. The Kier molecular flexibility index (Phi) is 4.55. The van der Waals surface area contributed by atoms with Crippen molar-refractivity contribution < 1.29 is 14.6 Å². The fourth-order valence-electron chi connectivity index (χ4n) is 2.12. The maximum absolute atomic E-state index is 11.0. The summed E-state index contributed by atoms with van der Waals surface area (Å²) in [5.74, 6) is -0.710. The number of carboxylic acids is 1. The number of nitrogens with zero attached hydrogens (tertiary/aromatic N) is 1. The topological polar surface area (TPSA) is 49.8 Å². The molecule has 0 bridgehead atoms. The molecule has 0 aromatic rings. The van der Waals surface area contributed by atoms with Crippen molar-refractivity contribution in [3.63, 3.8) is 0 Å². The molecule has 1 saturated heterocycles. The summed E-state index contributed by atoms with van der Waals surface area (Å²) in [6.07, 6.45) is 1.64. The summed E-state index contributed by atoms with van der Waals surface area (Å²) in [7, 11) is 0. The molecule has 0 amide bonds. The van der Waals surface area contributed by atoms with Crippen molar-refractivity contribution >= 4 is 5.97 Å². The second-order valence-electron chi connectivity index (χ2n) is 6.14. The number of hydrogen-bond donors (Lipinski definition) is 1. The Labute approximate surface area is 104 Å². The molecule has 0 atom stereocenters. The molecule has 0 aromatic heterocycles. The lowest BCUT2D eigenvalue weighted by Crippen LogP contribution is -2.53. The average Bonchev–Trinajstić information content (AvgIpc) is 2.20. The molecule has 0 spiro atoms. The van der Waals surface area contributed by atoms with Crippen LogP contribution in [0.2, 0.25) is 0 Å². The number of ether oxygens (including phenoxy) is 1. The van der Waals surface area contributed by atoms with Gasteiger partial charge in [-0.05, 0) is 47.1 Å². The summed E-state index contributed by atoms with van der Waals surface area (Å²) in [6.45, 7) is 11.4. The molecule has 0 radical (unpaired) electrons. The standard InChI is InChI=1S/C13H25NO3/c1-12(2,11(15)16)6-5-7-14-8-9-17-10-13(14,3)4/h5-10H2,1-4H3,(H,15,16). The lowest BCUT2D eigenvalue weighted by atomic mass is 9.87. The predicted molar refractivity (Wildman–Crippen MR) is 67.1 cm³/mol. The number of hydrogen-bond acceptors (Lipinski definition) is 3. The van der Waals surface area contributed by atoms with E-state index in [1.54, 1.807) is 13.8 Å². The van der Waals surface area contributed by atoms with Crippen LogP contribution in [0.3, 0.4) is 0 Å². The molecule has 0 unspecified atom stereocenters. The van der Waals surface area contributed by atoms with Gasteiger partial charge in [0.2, 0.25) is 0 Å². The van der Waals surface area contributed by atoms with Crippen molar-refractivity contribution in [2.45, 2.75) is 46.1 Å². The summed E-state index contributed by atoms with van der Waals surface area (Å²) < 4.78 is 5.46. The first-order valence-electron chi connectivity index (χ1n) is 6.32. The van der Waals surface area contributed by atoms with Gasteiger partial charge in [0, 0.05) is 12.1 Å².